The zero-order valence-electron chi connectivity index (χ0n) is 11.3. The molecule has 1 spiro atoms. The lowest BCUT2D eigenvalue weighted by Crippen LogP contribution is -2.47. The van der Waals surface area contributed by atoms with Crippen molar-refractivity contribution in [2.45, 2.75) is 12.0 Å². The van der Waals surface area contributed by atoms with Gasteiger partial charge in [-0.25, -0.2) is 9.18 Å². The molecular weight excluding hydrogens is 295 g/mol. The summed E-state index contributed by atoms with van der Waals surface area (Å²) in [6, 6.07) is 5.39. The molecule has 0 unspecified atom stereocenters. The second-order valence-electron chi connectivity index (χ2n) is 5.08. The van der Waals surface area contributed by atoms with Gasteiger partial charge in [0.15, 0.2) is 0 Å². The van der Waals surface area contributed by atoms with Crippen molar-refractivity contribution in [3.63, 3.8) is 0 Å². The number of imide groups is 1. The van der Waals surface area contributed by atoms with Gasteiger partial charge in [0.05, 0.1) is 6.54 Å². The van der Waals surface area contributed by atoms with Gasteiger partial charge >= 0.3 is 6.03 Å². The highest BCUT2D eigenvalue weighted by atomic mass is 32.2. The third kappa shape index (κ3) is 2.70. The Labute approximate surface area is 125 Å². The van der Waals surface area contributed by atoms with Gasteiger partial charge in [0.25, 0.3) is 5.91 Å². The summed E-state index contributed by atoms with van der Waals surface area (Å²) in [6.45, 7) is 0.305. The van der Waals surface area contributed by atoms with Crippen LogP contribution in [0.5, 0.6) is 5.75 Å². The fourth-order valence-electron chi connectivity index (χ4n) is 2.52. The SMILES string of the molecule is O=C1N[C@@]2(CCSC2)C(=O)N1CCOc1cccc(F)c1. The molecule has 2 fully saturated rings. The molecule has 1 aromatic carbocycles. The number of thioether (sulfide) groups is 1. The van der Waals surface area contributed by atoms with E-state index in [0.717, 1.165) is 5.75 Å². The number of carbonyl (C=O) groups is 2. The molecule has 2 saturated heterocycles. The van der Waals surface area contributed by atoms with E-state index in [4.69, 9.17) is 4.74 Å². The molecule has 1 N–H and O–H groups in total. The highest BCUT2D eigenvalue weighted by molar-refractivity contribution is 7.99. The number of benzene rings is 1. The van der Waals surface area contributed by atoms with Gasteiger partial charge in [0.1, 0.15) is 23.7 Å². The van der Waals surface area contributed by atoms with Crippen LogP contribution in [0.2, 0.25) is 0 Å². The number of nitrogens with zero attached hydrogens (tertiary/aromatic N) is 1. The van der Waals surface area contributed by atoms with E-state index in [1.807, 2.05) is 0 Å². The second kappa shape index (κ2) is 5.55. The van der Waals surface area contributed by atoms with Crippen LogP contribution < -0.4 is 10.1 Å². The van der Waals surface area contributed by atoms with Crippen LogP contribution in [-0.4, -0.2) is 47.0 Å². The summed E-state index contributed by atoms with van der Waals surface area (Å²) in [6.07, 6.45) is 0.670. The first-order valence-electron chi connectivity index (χ1n) is 6.71. The lowest BCUT2D eigenvalue weighted by molar-refractivity contribution is -0.130. The molecule has 0 bridgehead atoms. The van der Waals surface area contributed by atoms with E-state index in [9.17, 15) is 14.0 Å². The molecule has 0 aromatic heterocycles. The van der Waals surface area contributed by atoms with Crippen molar-refractivity contribution < 1.29 is 18.7 Å². The molecule has 5 nitrogen and oxygen atoms in total. The minimum atomic E-state index is -0.722. The van der Waals surface area contributed by atoms with Gasteiger partial charge in [-0.1, -0.05) is 6.07 Å². The van der Waals surface area contributed by atoms with Crippen molar-refractivity contribution in [3.05, 3.63) is 30.1 Å². The zero-order chi connectivity index (χ0) is 14.9. The van der Waals surface area contributed by atoms with Crippen LogP contribution in [0, 0.1) is 5.82 Å². The van der Waals surface area contributed by atoms with Crippen LogP contribution in [-0.2, 0) is 4.79 Å². The summed E-state index contributed by atoms with van der Waals surface area (Å²) >= 11 is 1.67. The molecule has 7 heteroatoms. The van der Waals surface area contributed by atoms with Crippen molar-refractivity contribution in [1.29, 1.82) is 0 Å². The van der Waals surface area contributed by atoms with Crippen LogP contribution in [0.15, 0.2) is 24.3 Å². The van der Waals surface area contributed by atoms with Gasteiger partial charge < -0.3 is 10.1 Å². The highest BCUT2D eigenvalue weighted by Gasteiger charge is 2.52. The maximum absolute atomic E-state index is 13.0. The Morgan fingerprint density at radius 3 is 3.00 bits per heavy atom. The average molecular weight is 310 g/mol. The number of hydrogen-bond acceptors (Lipinski definition) is 4. The topological polar surface area (TPSA) is 58.6 Å². The summed E-state index contributed by atoms with van der Waals surface area (Å²) in [7, 11) is 0. The lowest BCUT2D eigenvalue weighted by Gasteiger charge is -2.19. The zero-order valence-corrected chi connectivity index (χ0v) is 12.1. The van der Waals surface area contributed by atoms with Crippen LogP contribution in [0.1, 0.15) is 6.42 Å². The minimum Gasteiger partial charge on any atom is -0.492 e. The standard InChI is InChI=1S/C14H15FN2O3S/c15-10-2-1-3-11(8-10)20-6-5-17-12(18)14(16-13(17)19)4-7-21-9-14/h1-3,8H,4-7,9H2,(H,16,19)/t14-/m1/s1. The number of rotatable bonds is 4. The largest absolute Gasteiger partial charge is 0.492 e. The predicted octanol–water partition coefficient (Wildman–Crippen LogP) is 1.63. The van der Waals surface area contributed by atoms with E-state index in [-0.39, 0.29) is 30.9 Å². The number of nitrogens with one attached hydrogen (secondary N) is 1. The number of urea groups is 1. The number of hydrogen-bond donors (Lipinski definition) is 1. The van der Waals surface area contributed by atoms with Gasteiger partial charge in [-0.2, -0.15) is 11.8 Å². The quantitative estimate of drug-likeness (QED) is 0.859. The van der Waals surface area contributed by atoms with Crippen molar-refractivity contribution in [2.24, 2.45) is 0 Å². The van der Waals surface area contributed by atoms with Crippen LogP contribution in [0.25, 0.3) is 0 Å². The summed E-state index contributed by atoms with van der Waals surface area (Å²) in [5.41, 5.74) is -0.722. The van der Waals surface area contributed by atoms with Crippen LogP contribution in [0.4, 0.5) is 9.18 Å². The molecule has 112 valence electrons. The van der Waals surface area contributed by atoms with E-state index in [1.54, 1.807) is 23.9 Å². The molecule has 3 amide bonds. The Morgan fingerprint density at radius 2 is 2.29 bits per heavy atom. The van der Waals surface area contributed by atoms with Gasteiger partial charge in [-0.15, -0.1) is 0 Å². The maximum atomic E-state index is 13.0. The van der Waals surface area contributed by atoms with E-state index in [0.29, 0.717) is 17.9 Å². The average Bonchev–Trinajstić information content (AvgIpc) is 3.00. The monoisotopic (exact) mass is 310 g/mol. The first kappa shape index (κ1) is 14.2. The fourth-order valence-corrected chi connectivity index (χ4v) is 3.85. The van der Waals surface area contributed by atoms with E-state index < -0.39 is 5.54 Å². The Morgan fingerprint density at radius 1 is 1.43 bits per heavy atom. The molecule has 2 aliphatic heterocycles. The molecule has 0 aliphatic carbocycles. The number of carbonyl (C=O) groups excluding carboxylic acids is 2. The molecule has 0 radical (unpaired) electrons. The molecule has 0 saturated carbocycles. The van der Waals surface area contributed by atoms with Crippen molar-refractivity contribution in [1.82, 2.24) is 10.2 Å². The third-order valence-electron chi connectivity index (χ3n) is 3.65. The molecule has 21 heavy (non-hydrogen) atoms. The highest BCUT2D eigenvalue weighted by Crippen LogP contribution is 2.33. The molecule has 2 aliphatic rings. The first-order chi connectivity index (χ1) is 10.1. The lowest BCUT2D eigenvalue weighted by atomic mass is 9.99. The van der Waals surface area contributed by atoms with Crippen molar-refractivity contribution in [3.8, 4) is 5.75 Å². The van der Waals surface area contributed by atoms with Gasteiger partial charge in [-0.05, 0) is 24.3 Å². The Balaban J connectivity index is 1.58. The van der Waals surface area contributed by atoms with E-state index in [2.05, 4.69) is 5.32 Å². The van der Waals surface area contributed by atoms with Crippen molar-refractivity contribution in [2.75, 3.05) is 24.7 Å². The normalized spacial score (nSPS) is 24.7. The summed E-state index contributed by atoms with van der Waals surface area (Å²) < 4.78 is 18.4. The summed E-state index contributed by atoms with van der Waals surface area (Å²) in [4.78, 5) is 25.4. The van der Waals surface area contributed by atoms with Gasteiger partial charge in [0, 0.05) is 11.8 Å². The first-order valence-corrected chi connectivity index (χ1v) is 7.86. The maximum Gasteiger partial charge on any atom is 0.325 e. The van der Waals surface area contributed by atoms with Crippen molar-refractivity contribution >= 4 is 23.7 Å². The Hall–Kier alpha value is -1.76. The minimum absolute atomic E-state index is 0.145. The molecule has 1 aromatic rings. The predicted molar refractivity (Wildman–Crippen MR) is 76.8 cm³/mol. The summed E-state index contributed by atoms with van der Waals surface area (Å²) in [5, 5.41) is 2.79. The van der Waals surface area contributed by atoms with Crippen LogP contribution in [0.3, 0.4) is 0 Å². The molecule has 1 atom stereocenters. The van der Waals surface area contributed by atoms with Gasteiger partial charge in [-0.3, -0.25) is 9.69 Å². The Kier molecular flexibility index (Phi) is 3.75. The van der Waals surface area contributed by atoms with E-state index >= 15 is 0 Å². The molecular formula is C14H15FN2O3S. The number of ether oxygens (including phenoxy) is 1. The number of amides is 3. The van der Waals surface area contributed by atoms with Gasteiger partial charge in [0.2, 0.25) is 0 Å². The Bertz CT molecular complexity index is 575. The molecule has 3 rings (SSSR count). The fraction of sp³-hybridized carbons (Fsp3) is 0.429. The van der Waals surface area contributed by atoms with E-state index in [1.165, 1.54) is 17.0 Å². The third-order valence-corrected chi connectivity index (χ3v) is 4.84. The number of halogens is 1. The smallest absolute Gasteiger partial charge is 0.325 e. The molecule has 2 heterocycles. The van der Waals surface area contributed by atoms with Crippen LogP contribution >= 0.6 is 11.8 Å². The second-order valence-corrected chi connectivity index (χ2v) is 6.18. The summed E-state index contributed by atoms with van der Waals surface area (Å²) in [5.74, 6) is 1.32.